The Morgan fingerprint density at radius 1 is 1.15 bits per heavy atom. The molecule has 1 aromatic rings. The summed E-state index contributed by atoms with van der Waals surface area (Å²) in [6.07, 6.45) is 5.15. The molecule has 0 saturated carbocycles. The maximum absolute atomic E-state index is 4.93. The fourth-order valence-corrected chi connectivity index (χ4v) is 4.56. The molecule has 0 bridgehead atoms. The van der Waals surface area contributed by atoms with E-state index < -0.39 is 0 Å². The molecular formula is C18H24SiTi-. The molecule has 1 unspecified atom stereocenters. The van der Waals surface area contributed by atoms with Crippen LogP contribution in [0.1, 0.15) is 37.4 Å². The summed E-state index contributed by atoms with van der Waals surface area (Å²) in [5, 5.41) is 0. The van der Waals surface area contributed by atoms with Crippen LogP contribution in [-0.4, -0.2) is 8.80 Å². The largest absolute Gasteiger partial charge is 0.293 e. The molecule has 1 aliphatic rings. The van der Waals surface area contributed by atoms with Crippen LogP contribution in [0.4, 0.5) is 0 Å². The summed E-state index contributed by atoms with van der Waals surface area (Å²) in [6, 6.07) is 8.88. The van der Waals surface area contributed by atoms with E-state index in [-0.39, 0.29) is 30.5 Å². The van der Waals surface area contributed by atoms with E-state index in [9.17, 15) is 0 Å². The molecule has 2 heteroatoms. The van der Waals surface area contributed by atoms with Gasteiger partial charge in [-0.2, -0.15) is 6.08 Å². The molecule has 0 amide bonds. The maximum atomic E-state index is 4.93. The van der Waals surface area contributed by atoms with Crippen LogP contribution >= 0.6 is 0 Å². The van der Waals surface area contributed by atoms with Crippen molar-refractivity contribution in [3.05, 3.63) is 65.8 Å². The summed E-state index contributed by atoms with van der Waals surface area (Å²) < 4.78 is 0. The van der Waals surface area contributed by atoms with E-state index in [1.807, 2.05) is 13.0 Å². The Hall–Kier alpha value is -0.629. The second-order valence-corrected chi connectivity index (χ2v) is 7.86. The van der Waals surface area contributed by atoms with Crippen molar-refractivity contribution in [1.29, 1.82) is 0 Å². The number of benzene rings is 1. The topological polar surface area (TPSA) is 0 Å². The molecular weight excluding hydrogens is 292 g/mol. The number of hydrogen-bond donors (Lipinski definition) is 0. The van der Waals surface area contributed by atoms with E-state index in [1.54, 1.807) is 17.2 Å². The summed E-state index contributed by atoms with van der Waals surface area (Å²) in [6.45, 7) is 16.2. The Morgan fingerprint density at radius 2 is 1.75 bits per heavy atom. The van der Waals surface area contributed by atoms with Crippen LogP contribution in [0.5, 0.6) is 0 Å². The predicted molar refractivity (Wildman–Crippen MR) is 88.6 cm³/mol. The molecule has 105 valence electrons. The molecule has 0 saturated heterocycles. The normalized spacial score (nSPS) is 16.6. The van der Waals surface area contributed by atoms with Crippen LogP contribution in [0.25, 0.3) is 5.57 Å². The van der Waals surface area contributed by atoms with Gasteiger partial charge in [0.15, 0.2) is 0 Å². The average Bonchev–Trinajstić information content (AvgIpc) is 2.64. The molecule has 0 aromatic heterocycles. The zero-order valence-electron chi connectivity index (χ0n) is 13.2. The minimum atomic E-state index is -0.263. The van der Waals surface area contributed by atoms with Crippen LogP contribution in [0, 0.1) is 6.58 Å². The second kappa shape index (κ2) is 9.33. The number of allylic oxidation sites excluding steroid dienone is 5. The fraction of sp³-hybridized carbons (Fsp3) is 0.333. The molecule has 0 aliphatic heterocycles. The van der Waals surface area contributed by atoms with Gasteiger partial charge in [0.1, 0.15) is 0 Å². The molecule has 0 nitrogen and oxygen atoms in total. The van der Waals surface area contributed by atoms with Gasteiger partial charge in [-0.15, -0.1) is 0 Å². The second-order valence-electron chi connectivity index (χ2n) is 5.12. The van der Waals surface area contributed by atoms with Crippen molar-refractivity contribution in [3.8, 4) is 0 Å². The van der Waals surface area contributed by atoms with Crippen molar-refractivity contribution in [2.24, 2.45) is 0 Å². The standard InChI is InChI=1S/C13H17Si.C5H7.Ti/c1-9-10(2)13(14(3)4)12-8-6-5-7-11(9)12;1-3-5-4-2;/h5-8,13H,1-4H3;1,3-5H,2H3;/q;-1;. The van der Waals surface area contributed by atoms with Gasteiger partial charge < -0.3 is 0 Å². The van der Waals surface area contributed by atoms with Gasteiger partial charge in [0.25, 0.3) is 0 Å². The van der Waals surface area contributed by atoms with E-state index in [1.165, 1.54) is 17.2 Å². The van der Waals surface area contributed by atoms with Crippen molar-refractivity contribution < 1.29 is 21.7 Å². The first-order valence-corrected chi connectivity index (χ1v) is 9.35. The Balaban J connectivity index is 0.000000526. The quantitative estimate of drug-likeness (QED) is 0.388. The van der Waals surface area contributed by atoms with Gasteiger partial charge in [0.2, 0.25) is 0 Å². The van der Waals surface area contributed by atoms with E-state index in [0.717, 1.165) is 5.54 Å². The minimum Gasteiger partial charge on any atom is -0.293 e. The summed E-state index contributed by atoms with van der Waals surface area (Å²) in [5.74, 6) is 0. The zero-order valence-corrected chi connectivity index (χ0v) is 15.8. The summed E-state index contributed by atoms with van der Waals surface area (Å²) >= 11 is 0. The Bertz CT molecular complexity index is 498. The Kier molecular flexibility index (Phi) is 9.04. The maximum Gasteiger partial charge on any atom is 0.0552 e. The van der Waals surface area contributed by atoms with Gasteiger partial charge in [-0.3, -0.25) is 6.58 Å². The number of fused-ring (bicyclic) bond motifs is 1. The average molecular weight is 316 g/mol. The molecule has 1 aliphatic carbocycles. The SMILES string of the molecule is CC1=C(C)C([Si](C)C)c2ccccc21.[CH-]=CC=CC.[Ti]. The third kappa shape index (κ3) is 4.44. The third-order valence-electron chi connectivity index (χ3n) is 3.58. The monoisotopic (exact) mass is 316 g/mol. The van der Waals surface area contributed by atoms with Crippen molar-refractivity contribution in [1.82, 2.24) is 0 Å². The zero-order chi connectivity index (χ0) is 14.4. The van der Waals surface area contributed by atoms with E-state index in [0.29, 0.717) is 0 Å². The van der Waals surface area contributed by atoms with Gasteiger partial charge in [-0.05, 0) is 36.1 Å². The van der Waals surface area contributed by atoms with Crippen molar-refractivity contribution >= 4 is 14.4 Å². The van der Waals surface area contributed by atoms with E-state index >= 15 is 0 Å². The molecule has 0 spiro atoms. The van der Waals surface area contributed by atoms with Gasteiger partial charge in [-0.1, -0.05) is 49.9 Å². The van der Waals surface area contributed by atoms with Crippen LogP contribution in [0.15, 0.2) is 48.1 Å². The van der Waals surface area contributed by atoms with Gasteiger partial charge in [-0.25, -0.2) is 12.2 Å². The first kappa shape index (κ1) is 19.4. The number of hydrogen-bond acceptors (Lipinski definition) is 0. The molecule has 1 radical (unpaired) electrons. The summed E-state index contributed by atoms with van der Waals surface area (Å²) in [7, 11) is -0.263. The molecule has 2 rings (SSSR count). The van der Waals surface area contributed by atoms with Gasteiger partial charge >= 0.3 is 0 Å². The number of rotatable bonds is 2. The Labute approximate surface area is 141 Å². The molecule has 1 aromatic carbocycles. The predicted octanol–water partition coefficient (Wildman–Crippen LogP) is 5.42. The molecule has 0 N–H and O–H groups in total. The van der Waals surface area contributed by atoms with Crippen molar-refractivity contribution in [2.45, 2.75) is 39.4 Å². The fourth-order valence-electron chi connectivity index (χ4n) is 2.61. The van der Waals surface area contributed by atoms with Gasteiger partial charge in [0, 0.05) is 21.7 Å². The Morgan fingerprint density at radius 3 is 2.20 bits per heavy atom. The van der Waals surface area contributed by atoms with Crippen LogP contribution in [0.2, 0.25) is 13.1 Å². The molecule has 0 heterocycles. The van der Waals surface area contributed by atoms with E-state index in [2.05, 4.69) is 51.2 Å². The van der Waals surface area contributed by atoms with Crippen LogP contribution in [-0.2, 0) is 21.7 Å². The van der Waals surface area contributed by atoms with Crippen molar-refractivity contribution in [3.63, 3.8) is 0 Å². The summed E-state index contributed by atoms with van der Waals surface area (Å²) in [4.78, 5) is 0. The molecule has 20 heavy (non-hydrogen) atoms. The van der Waals surface area contributed by atoms with Crippen molar-refractivity contribution in [2.75, 3.05) is 0 Å². The van der Waals surface area contributed by atoms with E-state index in [4.69, 9.17) is 6.58 Å². The van der Waals surface area contributed by atoms with Gasteiger partial charge in [0.05, 0.1) is 8.80 Å². The molecule has 0 fully saturated rings. The van der Waals surface area contributed by atoms with Crippen LogP contribution in [0.3, 0.4) is 0 Å². The first-order chi connectivity index (χ1) is 9.04. The minimum absolute atomic E-state index is 0. The first-order valence-electron chi connectivity index (χ1n) is 6.77. The molecule has 1 atom stereocenters. The third-order valence-corrected chi connectivity index (χ3v) is 5.48. The summed E-state index contributed by atoms with van der Waals surface area (Å²) in [5.41, 5.74) is 6.92. The smallest absolute Gasteiger partial charge is 0.0552 e. The van der Waals surface area contributed by atoms with Crippen LogP contribution < -0.4 is 0 Å².